The third-order valence-corrected chi connectivity index (χ3v) is 4.75. The number of nitrogens with one attached hydrogen (secondary N) is 1. The lowest BCUT2D eigenvalue weighted by molar-refractivity contribution is -0.120. The van der Waals surface area contributed by atoms with E-state index < -0.39 is 0 Å². The normalized spacial score (nSPS) is 19.1. The molecule has 0 aliphatic carbocycles. The van der Waals surface area contributed by atoms with Gasteiger partial charge in [0.2, 0.25) is 5.91 Å². The molecule has 2 aliphatic rings. The highest BCUT2D eigenvalue weighted by atomic mass is 35.5. The maximum atomic E-state index is 12.7. The zero-order valence-corrected chi connectivity index (χ0v) is 14.9. The molecular formula is C18H19ClN4O3. The second-order valence-electron chi connectivity index (χ2n) is 6.35. The number of ether oxygens (including phenoxy) is 2. The first-order valence-electron chi connectivity index (χ1n) is 8.64. The van der Waals surface area contributed by atoms with E-state index >= 15 is 0 Å². The molecule has 136 valence electrons. The first kappa shape index (κ1) is 16.9. The Labute approximate surface area is 156 Å². The fraction of sp³-hybridized carbons (Fsp3) is 0.389. The van der Waals surface area contributed by atoms with E-state index in [-0.39, 0.29) is 11.8 Å². The Balaban J connectivity index is 1.42. The molecule has 7 nitrogen and oxygen atoms in total. The molecule has 26 heavy (non-hydrogen) atoms. The molecule has 1 aromatic heterocycles. The van der Waals surface area contributed by atoms with Crippen LogP contribution in [0.2, 0.25) is 5.15 Å². The van der Waals surface area contributed by atoms with E-state index in [0.717, 1.165) is 25.2 Å². The third kappa shape index (κ3) is 3.67. The number of anilines is 2. The van der Waals surface area contributed by atoms with Crippen molar-refractivity contribution in [3.63, 3.8) is 0 Å². The number of hydrogen-bond acceptors (Lipinski definition) is 6. The van der Waals surface area contributed by atoms with Crippen LogP contribution in [-0.2, 0) is 4.79 Å². The topological polar surface area (TPSA) is 76.6 Å². The van der Waals surface area contributed by atoms with Crippen molar-refractivity contribution in [2.75, 3.05) is 36.5 Å². The van der Waals surface area contributed by atoms with E-state index in [2.05, 4.69) is 20.4 Å². The lowest BCUT2D eigenvalue weighted by atomic mass is 9.97. The number of carbonyl (C=O) groups excluding carboxylic acids is 1. The number of halogens is 1. The number of benzene rings is 1. The summed E-state index contributed by atoms with van der Waals surface area (Å²) in [5, 5.41) is 11.3. The minimum atomic E-state index is -0.116. The highest BCUT2D eigenvalue weighted by molar-refractivity contribution is 6.29. The van der Waals surface area contributed by atoms with Crippen LogP contribution in [0.1, 0.15) is 12.8 Å². The van der Waals surface area contributed by atoms with Crippen molar-refractivity contribution in [3.05, 3.63) is 35.5 Å². The van der Waals surface area contributed by atoms with E-state index in [4.69, 9.17) is 21.1 Å². The third-order valence-electron chi connectivity index (χ3n) is 4.54. The molecule has 0 radical (unpaired) electrons. The number of piperidine rings is 1. The molecule has 1 amide bonds. The Morgan fingerprint density at radius 1 is 1.15 bits per heavy atom. The van der Waals surface area contributed by atoms with Crippen molar-refractivity contribution in [2.24, 2.45) is 5.92 Å². The summed E-state index contributed by atoms with van der Waals surface area (Å²) in [5.74, 6) is 1.99. The van der Waals surface area contributed by atoms with Crippen molar-refractivity contribution in [3.8, 4) is 11.5 Å². The van der Waals surface area contributed by atoms with E-state index in [9.17, 15) is 4.79 Å². The number of rotatable bonds is 3. The van der Waals surface area contributed by atoms with E-state index in [1.54, 1.807) is 12.1 Å². The van der Waals surface area contributed by atoms with Gasteiger partial charge >= 0.3 is 0 Å². The molecule has 1 N–H and O–H groups in total. The molecule has 0 unspecified atom stereocenters. The van der Waals surface area contributed by atoms with Gasteiger partial charge in [0.15, 0.2) is 22.5 Å². The Bertz CT molecular complexity index is 800. The summed E-state index contributed by atoms with van der Waals surface area (Å²) < 4.78 is 11.1. The molecule has 4 rings (SSSR count). The summed E-state index contributed by atoms with van der Waals surface area (Å²) in [6.07, 6.45) is 1.76. The van der Waals surface area contributed by atoms with Crippen molar-refractivity contribution < 1.29 is 14.3 Å². The molecular weight excluding hydrogens is 356 g/mol. The van der Waals surface area contributed by atoms with Crippen LogP contribution >= 0.6 is 11.6 Å². The summed E-state index contributed by atoms with van der Waals surface area (Å²) in [6, 6.07) is 8.99. The predicted molar refractivity (Wildman–Crippen MR) is 98.0 cm³/mol. The maximum Gasteiger partial charge on any atom is 0.229 e. The van der Waals surface area contributed by atoms with Gasteiger partial charge in [-0.25, -0.2) is 0 Å². The number of aromatic nitrogens is 2. The van der Waals surface area contributed by atoms with Crippen LogP contribution in [0.5, 0.6) is 11.5 Å². The monoisotopic (exact) mass is 374 g/mol. The fourth-order valence-electron chi connectivity index (χ4n) is 3.24. The molecule has 8 heteroatoms. The van der Waals surface area contributed by atoms with Crippen LogP contribution in [0.4, 0.5) is 11.5 Å². The van der Waals surface area contributed by atoms with Gasteiger partial charge in [-0.3, -0.25) is 4.79 Å². The summed E-state index contributed by atoms with van der Waals surface area (Å²) in [7, 11) is 0. The van der Waals surface area contributed by atoms with Crippen LogP contribution in [0.25, 0.3) is 0 Å². The van der Waals surface area contributed by atoms with Crippen molar-refractivity contribution in [1.82, 2.24) is 10.2 Å². The molecule has 0 bridgehead atoms. The van der Waals surface area contributed by atoms with Crippen LogP contribution < -0.4 is 19.7 Å². The van der Waals surface area contributed by atoms with Crippen LogP contribution in [0.15, 0.2) is 30.3 Å². The summed E-state index contributed by atoms with van der Waals surface area (Å²) in [6.45, 7) is 2.52. The van der Waals surface area contributed by atoms with Gasteiger partial charge < -0.3 is 19.7 Å². The minimum absolute atomic E-state index is 0.00620. The lowest BCUT2D eigenvalue weighted by Gasteiger charge is -2.32. The van der Waals surface area contributed by atoms with Crippen LogP contribution in [-0.4, -0.2) is 42.4 Å². The molecule has 1 aromatic carbocycles. The second kappa shape index (κ2) is 7.37. The minimum Gasteiger partial charge on any atom is -0.486 e. The molecule has 1 saturated heterocycles. The van der Waals surface area contributed by atoms with E-state index in [1.807, 2.05) is 18.2 Å². The summed E-state index contributed by atoms with van der Waals surface area (Å²) in [4.78, 5) is 14.8. The second-order valence-corrected chi connectivity index (χ2v) is 6.73. The Kier molecular flexibility index (Phi) is 4.79. The molecule has 3 heterocycles. The largest absolute Gasteiger partial charge is 0.486 e. The number of nitrogens with zero attached hydrogens (tertiary/aromatic N) is 3. The number of carbonyl (C=O) groups is 1. The van der Waals surface area contributed by atoms with Gasteiger partial charge in [0.05, 0.1) is 5.92 Å². The fourth-order valence-corrected chi connectivity index (χ4v) is 3.34. The maximum absolute atomic E-state index is 12.7. The van der Waals surface area contributed by atoms with Gasteiger partial charge in [-0.05, 0) is 37.1 Å². The van der Waals surface area contributed by atoms with E-state index in [0.29, 0.717) is 42.1 Å². The van der Waals surface area contributed by atoms with Gasteiger partial charge in [-0.2, -0.15) is 0 Å². The highest BCUT2D eigenvalue weighted by Crippen LogP contribution is 2.33. The standard InChI is InChI=1S/C18H19ClN4O3/c19-16-5-6-17(22-21-16)23-7-1-2-12(11-23)18(24)20-13-3-4-14-15(10-13)26-9-8-25-14/h3-6,10,12H,1-2,7-9,11H2,(H,20,24)/t12-/m0/s1. The summed E-state index contributed by atoms with van der Waals surface area (Å²) in [5.41, 5.74) is 0.711. The molecule has 1 atom stereocenters. The van der Waals surface area contributed by atoms with Crippen LogP contribution in [0.3, 0.4) is 0 Å². The Morgan fingerprint density at radius 2 is 2.00 bits per heavy atom. The quantitative estimate of drug-likeness (QED) is 0.890. The number of fused-ring (bicyclic) bond motifs is 1. The highest BCUT2D eigenvalue weighted by Gasteiger charge is 2.27. The molecule has 0 spiro atoms. The average Bonchev–Trinajstić information content (AvgIpc) is 2.68. The van der Waals surface area contributed by atoms with Gasteiger partial charge in [-0.1, -0.05) is 11.6 Å². The average molecular weight is 375 g/mol. The molecule has 2 aliphatic heterocycles. The summed E-state index contributed by atoms with van der Waals surface area (Å²) >= 11 is 5.80. The first-order chi connectivity index (χ1) is 12.7. The smallest absolute Gasteiger partial charge is 0.229 e. The number of hydrogen-bond donors (Lipinski definition) is 1. The zero-order chi connectivity index (χ0) is 17.9. The SMILES string of the molecule is O=C(Nc1ccc2c(c1)OCCO2)[C@H]1CCCN(c2ccc(Cl)nn2)C1. The van der Waals surface area contributed by atoms with Gasteiger partial charge in [0.25, 0.3) is 0 Å². The molecule has 2 aromatic rings. The van der Waals surface area contributed by atoms with E-state index in [1.165, 1.54) is 0 Å². The zero-order valence-electron chi connectivity index (χ0n) is 14.2. The van der Waals surface area contributed by atoms with Gasteiger partial charge in [-0.15, -0.1) is 10.2 Å². The molecule has 0 saturated carbocycles. The van der Waals surface area contributed by atoms with Crippen LogP contribution in [0, 0.1) is 5.92 Å². The number of amides is 1. The Morgan fingerprint density at radius 3 is 2.81 bits per heavy atom. The Hall–Kier alpha value is -2.54. The first-order valence-corrected chi connectivity index (χ1v) is 9.01. The van der Waals surface area contributed by atoms with Crippen molar-refractivity contribution in [1.29, 1.82) is 0 Å². The molecule has 1 fully saturated rings. The van der Waals surface area contributed by atoms with Crippen molar-refractivity contribution in [2.45, 2.75) is 12.8 Å². The van der Waals surface area contributed by atoms with Gasteiger partial charge in [0, 0.05) is 24.8 Å². The van der Waals surface area contributed by atoms with Crippen molar-refractivity contribution >= 4 is 29.0 Å². The van der Waals surface area contributed by atoms with Gasteiger partial charge in [0.1, 0.15) is 13.2 Å². The predicted octanol–water partition coefficient (Wildman–Crippen LogP) is 2.76. The lowest BCUT2D eigenvalue weighted by Crippen LogP contribution is -2.41.